The molecule has 1 amide bonds. The van der Waals surface area contributed by atoms with Crippen LogP contribution in [0.4, 0.5) is 0 Å². The molecule has 2 aromatic heterocycles. The molecule has 1 saturated heterocycles. The molecule has 1 aliphatic carbocycles. The van der Waals surface area contributed by atoms with E-state index in [-0.39, 0.29) is 23.5 Å². The Labute approximate surface area is 170 Å². The first-order valence-electron chi connectivity index (χ1n) is 9.87. The monoisotopic (exact) mass is 421 g/mol. The molecule has 0 radical (unpaired) electrons. The predicted molar refractivity (Wildman–Crippen MR) is 111 cm³/mol. The lowest BCUT2D eigenvalue weighted by molar-refractivity contribution is 0.0789. The van der Waals surface area contributed by atoms with Crippen LogP contribution in [0.2, 0.25) is 0 Å². The van der Waals surface area contributed by atoms with E-state index in [1.807, 2.05) is 25.6 Å². The van der Waals surface area contributed by atoms with Crippen molar-refractivity contribution in [2.24, 2.45) is 0 Å². The van der Waals surface area contributed by atoms with Crippen LogP contribution in [-0.2, 0) is 29.2 Å². The van der Waals surface area contributed by atoms with Crippen LogP contribution >= 0.6 is 11.3 Å². The van der Waals surface area contributed by atoms with Gasteiger partial charge in [-0.3, -0.25) is 9.48 Å². The summed E-state index contributed by atoms with van der Waals surface area (Å²) in [6.45, 7) is 4.39. The first-order chi connectivity index (χ1) is 13.2. The number of sulfone groups is 1. The van der Waals surface area contributed by atoms with Gasteiger partial charge in [-0.1, -0.05) is 0 Å². The van der Waals surface area contributed by atoms with E-state index in [0.29, 0.717) is 13.0 Å². The van der Waals surface area contributed by atoms with Crippen LogP contribution < -0.4 is 0 Å². The van der Waals surface area contributed by atoms with Crippen molar-refractivity contribution >= 4 is 27.1 Å². The molecular weight excluding hydrogens is 394 g/mol. The van der Waals surface area contributed by atoms with Gasteiger partial charge in [0.1, 0.15) is 0 Å². The third-order valence-electron chi connectivity index (χ3n) is 5.98. The van der Waals surface area contributed by atoms with Crippen molar-refractivity contribution in [1.82, 2.24) is 14.7 Å². The van der Waals surface area contributed by atoms with Crippen molar-refractivity contribution in [2.45, 2.75) is 58.5 Å². The Kier molecular flexibility index (Phi) is 5.12. The minimum atomic E-state index is -2.96. The summed E-state index contributed by atoms with van der Waals surface area (Å²) >= 11 is 1.64. The number of nitrogens with zero attached hydrogens (tertiary/aromatic N) is 3. The van der Waals surface area contributed by atoms with E-state index in [9.17, 15) is 13.2 Å². The Balaban J connectivity index is 1.52. The van der Waals surface area contributed by atoms with E-state index < -0.39 is 9.84 Å². The summed E-state index contributed by atoms with van der Waals surface area (Å²) in [5, 5.41) is 4.61. The van der Waals surface area contributed by atoms with Crippen molar-refractivity contribution in [3.63, 3.8) is 0 Å². The van der Waals surface area contributed by atoms with E-state index in [4.69, 9.17) is 0 Å². The minimum absolute atomic E-state index is 0.0504. The number of aromatic nitrogens is 2. The van der Waals surface area contributed by atoms with Gasteiger partial charge in [-0.2, -0.15) is 5.10 Å². The Bertz CT molecular complexity index is 996. The molecule has 0 saturated carbocycles. The molecule has 3 heterocycles. The number of thiophene rings is 1. The summed E-state index contributed by atoms with van der Waals surface area (Å²) in [6.07, 6.45) is 5.21. The van der Waals surface area contributed by atoms with Crippen LogP contribution in [0.1, 0.15) is 62.4 Å². The van der Waals surface area contributed by atoms with Gasteiger partial charge in [0.05, 0.1) is 28.1 Å². The van der Waals surface area contributed by atoms with Gasteiger partial charge in [0, 0.05) is 29.7 Å². The topological polar surface area (TPSA) is 72.3 Å². The number of hydrogen-bond donors (Lipinski definition) is 0. The highest BCUT2D eigenvalue weighted by Crippen LogP contribution is 2.31. The Morgan fingerprint density at radius 3 is 2.75 bits per heavy atom. The molecule has 1 fully saturated rings. The molecule has 0 N–H and O–H groups in total. The molecule has 6 nitrogen and oxygen atoms in total. The minimum Gasteiger partial charge on any atom is -0.337 e. The Morgan fingerprint density at radius 2 is 2.07 bits per heavy atom. The molecule has 28 heavy (non-hydrogen) atoms. The van der Waals surface area contributed by atoms with Crippen LogP contribution in [0.25, 0.3) is 0 Å². The third-order valence-corrected chi connectivity index (χ3v) is 8.95. The molecule has 0 spiro atoms. The Morgan fingerprint density at radius 1 is 1.32 bits per heavy atom. The van der Waals surface area contributed by atoms with E-state index in [1.54, 1.807) is 16.2 Å². The van der Waals surface area contributed by atoms with Crippen LogP contribution in [0, 0.1) is 13.8 Å². The van der Waals surface area contributed by atoms with E-state index in [1.165, 1.54) is 23.3 Å². The fourth-order valence-corrected chi connectivity index (χ4v) is 7.28. The number of amides is 1. The number of aryl methyl sites for hydroxylation is 3. The number of rotatable bonds is 4. The van der Waals surface area contributed by atoms with Gasteiger partial charge in [-0.25, -0.2) is 8.42 Å². The van der Waals surface area contributed by atoms with Gasteiger partial charge in [0.15, 0.2) is 9.84 Å². The summed E-state index contributed by atoms with van der Waals surface area (Å²) in [4.78, 5) is 16.9. The van der Waals surface area contributed by atoms with Crippen LogP contribution in [0.3, 0.4) is 0 Å². The molecule has 152 valence electrons. The average molecular weight is 422 g/mol. The van der Waals surface area contributed by atoms with Crippen molar-refractivity contribution < 1.29 is 13.2 Å². The van der Waals surface area contributed by atoms with Crippen molar-refractivity contribution in [1.29, 1.82) is 0 Å². The van der Waals surface area contributed by atoms with Crippen molar-refractivity contribution in [2.75, 3.05) is 18.6 Å². The highest BCUT2D eigenvalue weighted by atomic mass is 32.2. The molecule has 0 aromatic carbocycles. The largest absolute Gasteiger partial charge is 0.337 e. The van der Waals surface area contributed by atoms with Gasteiger partial charge >= 0.3 is 0 Å². The number of carbonyl (C=O) groups excluding carboxylic acids is 1. The van der Waals surface area contributed by atoms with E-state index >= 15 is 0 Å². The average Bonchev–Trinajstić information content (AvgIpc) is 3.32. The summed E-state index contributed by atoms with van der Waals surface area (Å²) < 4.78 is 25.5. The predicted octanol–water partition coefficient (Wildman–Crippen LogP) is 3.07. The zero-order valence-corrected chi connectivity index (χ0v) is 18.3. The molecule has 4 rings (SSSR count). The van der Waals surface area contributed by atoms with E-state index in [2.05, 4.69) is 11.2 Å². The van der Waals surface area contributed by atoms with Gasteiger partial charge in [-0.05, 0) is 57.6 Å². The zero-order chi connectivity index (χ0) is 20.1. The molecule has 8 heteroatoms. The fraction of sp³-hybridized carbons (Fsp3) is 0.600. The first kappa shape index (κ1) is 19.6. The maximum absolute atomic E-state index is 13.0. The normalized spacial score (nSPS) is 20.9. The zero-order valence-electron chi connectivity index (χ0n) is 16.7. The standard InChI is InChI=1S/C20H27N3O3S2/c1-13-17(14(2)23(21-13)16-8-9-28(25,26)12-16)11-22(3)20(24)19-10-15-6-4-5-7-18(15)27-19/h10,16H,4-9,11-12H2,1-3H3/t16-/m0/s1. The van der Waals surface area contributed by atoms with E-state index in [0.717, 1.165) is 34.7 Å². The van der Waals surface area contributed by atoms with Crippen LogP contribution in [0.5, 0.6) is 0 Å². The highest BCUT2D eigenvalue weighted by Gasteiger charge is 2.32. The summed E-state index contributed by atoms with van der Waals surface area (Å²) in [6, 6.07) is 1.98. The number of carbonyl (C=O) groups is 1. The SMILES string of the molecule is Cc1nn([C@H]2CCS(=O)(=O)C2)c(C)c1CN(C)C(=O)c1cc2c(s1)CCCC2. The van der Waals surface area contributed by atoms with Gasteiger partial charge < -0.3 is 4.90 Å². The summed E-state index contributed by atoms with van der Waals surface area (Å²) in [5.41, 5.74) is 4.19. The molecule has 0 unspecified atom stereocenters. The summed E-state index contributed by atoms with van der Waals surface area (Å²) in [7, 11) is -1.13. The first-order valence-corrected chi connectivity index (χ1v) is 12.5. The van der Waals surface area contributed by atoms with Gasteiger partial charge in [0.2, 0.25) is 0 Å². The Hall–Kier alpha value is -1.67. The van der Waals surface area contributed by atoms with Gasteiger partial charge in [0.25, 0.3) is 5.91 Å². The maximum Gasteiger partial charge on any atom is 0.263 e. The van der Waals surface area contributed by atoms with Crippen LogP contribution in [-0.4, -0.2) is 47.6 Å². The molecular formula is C20H27N3O3S2. The lowest BCUT2D eigenvalue weighted by Gasteiger charge is -2.17. The molecule has 0 bridgehead atoms. The third kappa shape index (κ3) is 3.64. The fourth-order valence-electron chi connectivity index (χ4n) is 4.34. The molecule has 2 aromatic rings. The highest BCUT2D eigenvalue weighted by molar-refractivity contribution is 7.91. The van der Waals surface area contributed by atoms with Crippen LogP contribution in [0.15, 0.2) is 6.07 Å². The summed E-state index contributed by atoms with van der Waals surface area (Å²) in [5.74, 6) is 0.436. The maximum atomic E-state index is 13.0. The molecule has 1 atom stereocenters. The molecule has 2 aliphatic rings. The second kappa shape index (κ2) is 7.30. The van der Waals surface area contributed by atoms with Crippen molar-refractivity contribution in [3.05, 3.63) is 38.3 Å². The number of fused-ring (bicyclic) bond motifs is 1. The lowest BCUT2D eigenvalue weighted by atomic mass is 9.99. The lowest BCUT2D eigenvalue weighted by Crippen LogP contribution is -2.26. The second-order valence-corrected chi connectivity index (χ2v) is 11.4. The molecule has 1 aliphatic heterocycles. The van der Waals surface area contributed by atoms with Crippen molar-refractivity contribution in [3.8, 4) is 0 Å². The number of hydrogen-bond acceptors (Lipinski definition) is 5. The second-order valence-electron chi connectivity index (χ2n) is 8.08. The van der Waals surface area contributed by atoms with Gasteiger partial charge in [-0.15, -0.1) is 11.3 Å². The quantitative estimate of drug-likeness (QED) is 0.761. The smallest absolute Gasteiger partial charge is 0.263 e.